The molecule has 2 saturated heterocycles. The fourth-order valence-corrected chi connectivity index (χ4v) is 4.52. The molecule has 3 fully saturated rings. The third kappa shape index (κ3) is 6.00. The normalized spacial score (nSPS) is 23.7. The number of ether oxygens (including phenoxy) is 1. The Balaban J connectivity index is 0.000000339. The zero-order chi connectivity index (χ0) is 22.6. The molecule has 1 atom stereocenters. The van der Waals surface area contributed by atoms with Crippen molar-refractivity contribution in [3.8, 4) is 0 Å². The van der Waals surface area contributed by atoms with Gasteiger partial charge in [0.2, 0.25) is 5.91 Å². The summed E-state index contributed by atoms with van der Waals surface area (Å²) in [6, 6.07) is 3.98. The van der Waals surface area contributed by atoms with Crippen LogP contribution in [-0.2, 0) is 20.9 Å². The molecule has 1 aromatic rings. The van der Waals surface area contributed by atoms with Crippen LogP contribution in [0.5, 0.6) is 0 Å². The summed E-state index contributed by atoms with van der Waals surface area (Å²) in [5, 5.41) is 7.12. The van der Waals surface area contributed by atoms with E-state index in [-0.39, 0.29) is 11.3 Å². The van der Waals surface area contributed by atoms with Crippen LogP contribution in [0.15, 0.2) is 22.8 Å². The zero-order valence-electron chi connectivity index (χ0n) is 17.6. The third-order valence-electron chi connectivity index (χ3n) is 6.42. The minimum absolute atomic E-state index is 0.0482. The Bertz CT molecular complexity index is 741. The molecule has 1 unspecified atom stereocenters. The number of amides is 1. The number of carboxylic acid groups (broad SMARTS) is 1. The standard InChI is InChI=1S/C19H28N2O3.C2HF3O2/c1-23-13-17-18(22)21(11-15-4-5-15)14-19(17)6-8-20(9-7-19)12-16-3-2-10-24-16;3-2(4,5)1(6)7/h2-3,10,15,17H,4-9,11-14H2,1H3;(H,6,7). The Morgan fingerprint density at radius 2 is 1.97 bits per heavy atom. The number of piperidine rings is 1. The molecule has 0 aromatic carbocycles. The van der Waals surface area contributed by atoms with Crippen molar-refractivity contribution >= 4 is 11.9 Å². The van der Waals surface area contributed by atoms with Crippen LogP contribution in [0, 0.1) is 17.3 Å². The summed E-state index contributed by atoms with van der Waals surface area (Å²) in [4.78, 5) is 26.4. The van der Waals surface area contributed by atoms with Crippen molar-refractivity contribution in [2.75, 3.05) is 39.9 Å². The van der Waals surface area contributed by atoms with Gasteiger partial charge in [0.05, 0.1) is 25.3 Å². The van der Waals surface area contributed by atoms with Crippen molar-refractivity contribution in [3.63, 3.8) is 0 Å². The molecule has 3 heterocycles. The third-order valence-corrected chi connectivity index (χ3v) is 6.42. The van der Waals surface area contributed by atoms with Gasteiger partial charge in [0, 0.05) is 25.6 Å². The highest BCUT2D eigenvalue weighted by atomic mass is 19.4. The van der Waals surface area contributed by atoms with E-state index in [1.807, 2.05) is 12.1 Å². The van der Waals surface area contributed by atoms with E-state index in [2.05, 4.69) is 9.80 Å². The van der Waals surface area contributed by atoms with Gasteiger partial charge in [-0.2, -0.15) is 13.2 Å². The summed E-state index contributed by atoms with van der Waals surface area (Å²) in [5.74, 6) is -0.591. The van der Waals surface area contributed by atoms with E-state index in [1.165, 1.54) is 12.8 Å². The molecule has 2 aliphatic heterocycles. The molecule has 10 heteroatoms. The number of carboxylic acids is 1. The van der Waals surface area contributed by atoms with E-state index in [1.54, 1.807) is 13.4 Å². The molecule has 0 radical (unpaired) electrons. The molecular weight excluding hydrogens is 417 g/mol. The molecule has 7 nitrogen and oxygen atoms in total. The molecule has 174 valence electrons. The Hall–Kier alpha value is -2.07. The number of nitrogens with zero attached hydrogens (tertiary/aromatic N) is 2. The Kier molecular flexibility index (Phi) is 7.31. The first-order chi connectivity index (χ1) is 14.6. The molecule has 1 aromatic heterocycles. The highest BCUT2D eigenvalue weighted by Gasteiger charge is 2.53. The van der Waals surface area contributed by atoms with E-state index in [0.29, 0.717) is 12.5 Å². The minimum Gasteiger partial charge on any atom is -0.475 e. The van der Waals surface area contributed by atoms with Crippen molar-refractivity contribution in [2.24, 2.45) is 17.3 Å². The van der Waals surface area contributed by atoms with Crippen LogP contribution in [0.3, 0.4) is 0 Å². The number of halogens is 3. The van der Waals surface area contributed by atoms with Crippen LogP contribution in [-0.4, -0.2) is 72.9 Å². The Morgan fingerprint density at radius 1 is 1.32 bits per heavy atom. The lowest BCUT2D eigenvalue weighted by atomic mass is 9.71. The van der Waals surface area contributed by atoms with Crippen LogP contribution >= 0.6 is 0 Å². The van der Waals surface area contributed by atoms with Crippen molar-refractivity contribution in [3.05, 3.63) is 24.2 Å². The second-order valence-electron chi connectivity index (χ2n) is 8.69. The quantitative estimate of drug-likeness (QED) is 0.724. The average Bonchev–Trinajstić information content (AvgIpc) is 3.31. The summed E-state index contributed by atoms with van der Waals surface area (Å²) < 4.78 is 42.6. The maximum absolute atomic E-state index is 12.9. The predicted molar refractivity (Wildman–Crippen MR) is 104 cm³/mol. The van der Waals surface area contributed by atoms with Gasteiger partial charge in [-0.15, -0.1) is 0 Å². The second-order valence-corrected chi connectivity index (χ2v) is 8.69. The summed E-state index contributed by atoms with van der Waals surface area (Å²) in [7, 11) is 1.72. The highest BCUT2D eigenvalue weighted by Crippen LogP contribution is 2.47. The maximum atomic E-state index is 12.9. The lowest BCUT2D eigenvalue weighted by molar-refractivity contribution is -0.192. The van der Waals surface area contributed by atoms with Gasteiger partial charge in [-0.05, 0) is 56.8 Å². The van der Waals surface area contributed by atoms with Crippen LogP contribution in [0.4, 0.5) is 13.2 Å². The summed E-state index contributed by atoms with van der Waals surface area (Å²) >= 11 is 0. The van der Waals surface area contributed by atoms with E-state index < -0.39 is 12.1 Å². The molecule has 1 N–H and O–H groups in total. The van der Waals surface area contributed by atoms with Crippen molar-refractivity contribution in [1.82, 2.24) is 9.80 Å². The Labute approximate surface area is 179 Å². The molecule has 31 heavy (non-hydrogen) atoms. The first kappa shape index (κ1) is 23.6. The predicted octanol–water partition coefficient (Wildman–Crippen LogP) is 3.01. The van der Waals surface area contributed by atoms with Crippen molar-refractivity contribution < 1.29 is 37.0 Å². The number of furan rings is 1. The number of rotatable bonds is 6. The monoisotopic (exact) mass is 446 g/mol. The topological polar surface area (TPSA) is 83.2 Å². The van der Waals surface area contributed by atoms with Crippen LogP contribution in [0.2, 0.25) is 0 Å². The number of alkyl halides is 3. The number of methoxy groups -OCH3 is 1. The molecular formula is C21H29F3N2O5. The number of carbonyl (C=O) groups excluding carboxylic acids is 1. The highest BCUT2D eigenvalue weighted by molar-refractivity contribution is 5.82. The van der Waals surface area contributed by atoms with Crippen LogP contribution < -0.4 is 0 Å². The molecule has 1 aliphatic carbocycles. The lowest BCUT2D eigenvalue weighted by Crippen LogP contribution is -2.45. The van der Waals surface area contributed by atoms with E-state index in [9.17, 15) is 18.0 Å². The van der Waals surface area contributed by atoms with Crippen LogP contribution in [0.1, 0.15) is 31.4 Å². The van der Waals surface area contributed by atoms with E-state index >= 15 is 0 Å². The molecule has 1 saturated carbocycles. The fourth-order valence-electron chi connectivity index (χ4n) is 4.52. The van der Waals surface area contributed by atoms with Gasteiger partial charge in [-0.25, -0.2) is 4.79 Å². The molecule has 4 rings (SSSR count). The molecule has 0 bridgehead atoms. The van der Waals surface area contributed by atoms with Gasteiger partial charge in [-0.3, -0.25) is 9.69 Å². The zero-order valence-corrected chi connectivity index (χ0v) is 17.6. The van der Waals surface area contributed by atoms with Gasteiger partial charge in [0.1, 0.15) is 5.76 Å². The molecule has 3 aliphatic rings. The fraction of sp³-hybridized carbons (Fsp3) is 0.714. The summed E-state index contributed by atoms with van der Waals surface area (Å²) in [6.45, 7) is 5.41. The smallest absolute Gasteiger partial charge is 0.475 e. The molecule has 1 spiro atoms. The van der Waals surface area contributed by atoms with E-state index in [0.717, 1.165) is 57.2 Å². The molecule has 1 amide bonds. The summed E-state index contributed by atoms with van der Waals surface area (Å²) in [5.41, 5.74) is 0.113. The largest absolute Gasteiger partial charge is 0.490 e. The van der Waals surface area contributed by atoms with Crippen LogP contribution in [0.25, 0.3) is 0 Å². The van der Waals surface area contributed by atoms with Gasteiger partial charge in [0.25, 0.3) is 0 Å². The SMILES string of the molecule is COCC1C(=O)N(CC2CC2)CC12CCN(Cc1ccco1)CC2.O=C(O)C(F)(F)F. The van der Waals surface area contributed by atoms with Crippen molar-refractivity contribution in [2.45, 2.75) is 38.4 Å². The first-order valence-corrected chi connectivity index (χ1v) is 10.5. The maximum Gasteiger partial charge on any atom is 0.490 e. The number of carbonyl (C=O) groups is 2. The number of hydrogen-bond donors (Lipinski definition) is 1. The average molecular weight is 446 g/mol. The second kappa shape index (κ2) is 9.60. The number of likely N-dealkylation sites (tertiary alicyclic amines) is 2. The van der Waals surface area contributed by atoms with Gasteiger partial charge in [0.15, 0.2) is 0 Å². The number of aliphatic carboxylic acids is 1. The van der Waals surface area contributed by atoms with Gasteiger partial charge >= 0.3 is 12.1 Å². The lowest BCUT2D eigenvalue weighted by Gasteiger charge is -2.41. The van der Waals surface area contributed by atoms with Gasteiger partial charge < -0.3 is 19.2 Å². The number of hydrogen-bond acceptors (Lipinski definition) is 5. The van der Waals surface area contributed by atoms with E-state index in [4.69, 9.17) is 19.1 Å². The minimum atomic E-state index is -5.08. The Morgan fingerprint density at radius 3 is 2.45 bits per heavy atom. The van der Waals surface area contributed by atoms with Gasteiger partial charge in [-0.1, -0.05) is 0 Å². The summed E-state index contributed by atoms with van der Waals surface area (Å²) in [6.07, 6.45) is 1.40. The first-order valence-electron chi connectivity index (χ1n) is 10.5. The van der Waals surface area contributed by atoms with Crippen molar-refractivity contribution in [1.29, 1.82) is 0 Å².